The maximum absolute atomic E-state index is 12.4. The van der Waals surface area contributed by atoms with E-state index in [0.717, 1.165) is 0 Å². The number of hydrogen-bond donors (Lipinski definition) is 2. The SMILES string of the molecule is O=C(O)C[C@H](c1ccc(Cl)cc1)c1c(O)c2ccccc2oc1=O. The fourth-order valence-corrected chi connectivity index (χ4v) is 2.84. The molecule has 0 bridgehead atoms. The van der Waals surface area contributed by atoms with E-state index < -0.39 is 17.5 Å². The van der Waals surface area contributed by atoms with Crippen molar-refractivity contribution in [1.29, 1.82) is 0 Å². The Morgan fingerprint density at radius 1 is 1.12 bits per heavy atom. The van der Waals surface area contributed by atoms with Gasteiger partial charge in [-0.05, 0) is 29.8 Å². The molecule has 1 aromatic heterocycles. The van der Waals surface area contributed by atoms with Gasteiger partial charge in [0.05, 0.1) is 17.4 Å². The average Bonchev–Trinajstić information content (AvgIpc) is 2.54. The first-order chi connectivity index (χ1) is 11.5. The predicted molar refractivity (Wildman–Crippen MR) is 89.7 cm³/mol. The summed E-state index contributed by atoms with van der Waals surface area (Å²) < 4.78 is 5.25. The van der Waals surface area contributed by atoms with Gasteiger partial charge in [-0.15, -0.1) is 0 Å². The van der Waals surface area contributed by atoms with Crippen LogP contribution >= 0.6 is 11.6 Å². The standard InChI is InChI=1S/C18H13ClO5/c19-11-7-5-10(6-8-11)13(9-15(20)21)16-17(22)12-3-1-2-4-14(12)24-18(16)23/h1-8,13,22H,9H2,(H,20,21)/t13-/m1/s1. The van der Waals surface area contributed by atoms with Crippen LogP contribution < -0.4 is 5.63 Å². The molecule has 24 heavy (non-hydrogen) atoms. The number of carbonyl (C=O) groups is 1. The average molecular weight is 345 g/mol. The van der Waals surface area contributed by atoms with Gasteiger partial charge in [-0.3, -0.25) is 4.79 Å². The molecule has 0 amide bonds. The number of rotatable bonds is 4. The van der Waals surface area contributed by atoms with E-state index in [1.54, 1.807) is 48.5 Å². The Labute approximate surface area is 141 Å². The lowest BCUT2D eigenvalue weighted by Gasteiger charge is -2.17. The van der Waals surface area contributed by atoms with E-state index in [2.05, 4.69) is 0 Å². The number of aliphatic carboxylic acids is 1. The monoisotopic (exact) mass is 344 g/mol. The highest BCUT2D eigenvalue weighted by atomic mass is 35.5. The first kappa shape index (κ1) is 16.1. The molecule has 0 aliphatic heterocycles. The van der Waals surface area contributed by atoms with Gasteiger partial charge < -0.3 is 14.6 Å². The Kier molecular flexibility index (Phi) is 4.27. The molecule has 0 spiro atoms. The summed E-state index contributed by atoms with van der Waals surface area (Å²) in [5.74, 6) is -2.20. The van der Waals surface area contributed by atoms with Crippen molar-refractivity contribution in [3.63, 3.8) is 0 Å². The Morgan fingerprint density at radius 3 is 2.46 bits per heavy atom. The molecule has 0 saturated carbocycles. The van der Waals surface area contributed by atoms with E-state index in [9.17, 15) is 19.8 Å². The third kappa shape index (κ3) is 2.98. The van der Waals surface area contributed by atoms with Crippen LogP contribution in [0.3, 0.4) is 0 Å². The second-order valence-electron chi connectivity index (χ2n) is 5.35. The predicted octanol–water partition coefficient (Wildman–Crippen LogP) is 3.76. The number of para-hydroxylation sites is 1. The minimum atomic E-state index is -1.10. The van der Waals surface area contributed by atoms with Gasteiger partial charge in [0.2, 0.25) is 0 Å². The molecule has 0 fully saturated rings. The summed E-state index contributed by atoms with van der Waals surface area (Å²) in [4.78, 5) is 23.6. The van der Waals surface area contributed by atoms with E-state index in [1.807, 2.05) is 0 Å². The first-order valence-electron chi connectivity index (χ1n) is 7.19. The highest BCUT2D eigenvalue weighted by Crippen LogP contribution is 2.36. The van der Waals surface area contributed by atoms with Crippen LogP contribution in [-0.4, -0.2) is 16.2 Å². The third-order valence-electron chi connectivity index (χ3n) is 3.82. The van der Waals surface area contributed by atoms with Gasteiger partial charge in [-0.25, -0.2) is 4.79 Å². The van der Waals surface area contributed by atoms with E-state index in [0.29, 0.717) is 16.0 Å². The Hall–Kier alpha value is -2.79. The smallest absolute Gasteiger partial charge is 0.343 e. The van der Waals surface area contributed by atoms with Crippen molar-refractivity contribution >= 4 is 28.5 Å². The number of fused-ring (bicyclic) bond motifs is 1. The lowest BCUT2D eigenvalue weighted by atomic mass is 9.88. The van der Waals surface area contributed by atoms with Gasteiger partial charge in [-0.1, -0.05) is 35.9 Å². The van der Waals surface area contributed by atoms with Gasteiger partial charge in [-0.2, -0.15) is 0 Å². The minimum absolute atomic E-state index is 0.0709. The lowest BCUT2D eigenvalue weighted by molar-refractivity contribution is -0.137. The van der Waals surface area contributed by atoms with Gasteiger partial charge in [0.25, 0.3) is 0 Å². The van der Waals surface area contributed by atoms with Gasteiger partial charge in [0.1, 0.15) is 11.3 Å². The van der Waals surface area contributed by atoms with Crippen LogP contribution in [0.15, 0.2) is 57.7 Å². The topological polar surface area (TPSA) is 87.7 Å². The van der Waals surface area contributed by atoms with Gasteiger partial charge in [0.15, 0.2) is 0 Å². The largest absolute Gasteiger partial charge is 0.507 e. The summed E-state index contributed by atoms with van der Waals surface area (Å²) in [7, 11) is 0. The van der Waals surface area contributed by atoms with Crippen molar-refractivity contribution in [2.75, 3.05) is 0 Å². The van der Waals surface area contributed by atoms with Crippen molar-refractivity contribution < 1.29 is 19.4 Å². The quantitative estimate of drug-likeness (QED) is 0.703. The Morgan fingerprint density at radius 2 is 1.79 bits per heavy atom. The number of halogens is 1. The molecule has 3 aromatic rings. The molecule has 122 valence electrons. The molecular formula is C18H13ClO5. The normalized spacial score (nSPS) is 12.2. The summed E-state index contributed by atoms with van der Waals surface area (Å²) in [6.07, 6.45) is -0.363. The van der Waals surface area contributed by atoms with Gasteiger partial charge in [0, 0.05) is 10.9 Å². The minimum Gasteiger partial charge on any atom is -0.507 e. The van der Waals surface area contributed by atoms with E-state index in [4.69, 9.17) is 16.0 Å². The highest BCUT2D eigenvalue weighted by Gasteiger charge is 2.26. The van der Waals surface area contributed by atoms with Crippen LogP contribution in [0.4, 0.5) is 0 Å². The Bertz CT molecular complexity index is 959. The summed E-state index contributed by atoms with van der Waals surface area (Å²) in [5.41, 5.74) is -0.0283. The molecule has 2 aromatic carbocycles. The molecular weight excluding hydrogens is 332 g/mol. The zero-order valence-corrected chi connectivity index (χ0v) is 13.2. The van der Waals surface area contributed by atoms with E-state index in [1.165, 1.54) is 0 Å². The fraction of sp³-hybridized carbons (Fsp3) is 0.111. The number of benzene rings is 2. The van der Waals surface area contributed by atoms with Gasteiger partial charge >= 0.3 is 11.6 Å². The summed E-state index contributed by atoms with van der Waals surface area (Å²) in [6.45, 7) is 0. The molecule has 1 heterocycles. The molecule has 3 rings (SSSR count). The molecule has 5 nitrogen and oxygen atoms in total. The Balaban J connectivity index is 2.24. The molecule has 0 saturated heterocycles. The zero-order valence-electron chi connectivity index (χ0n) is 12.4. The van der Waals surface area contributed by atoms with Crippen LogP contribution in [0, 0.1) is 0 Å². The van der Waals surface area contributed by atoms with Crippen LogP contribution in [0.2, 0.25) is 5.02 Å². The zero-order chi connectivity index (χ0) is 17.3. The molecule has 2 N–H and O–H groups in total. The molecule has 1 atom stereocenters. The summed E-state index contributed by atoms with van der Waals surface area (Å²) in [5, 5.41) is 20.6. The molecule has 0 unspecified atom stereocenters. The third-order valence-corrected chi connectivity index (χ3v) is 4.07. The van der Waals surface area contributed by atoms with Crippen LogP contribution in [0.25, 0.3) is 11.0 Å². The molecule has 0 aliphatic carbocycles. The van der Waals surface area contributed by atoms with Crippen LogP contribution in [0.1, 0.15) is 23.5 Å². The van der Waals surface area contributed by atoms with Crippen molar-refractivity contribution in [3.05, 3.63) is 75.1 Å². The maximum atomic E-state index is 12.4. The summed E-state index contributed by atoms with van der Waals surface area (Å²) in [6, 6.07) is 13.0. The van der Waals surface area contributed by atoms with Crippen LogP contribution in [-0.2, 0) is 4.79 Å². The van der Waals surface area contributed by atoms with Crippen molar-refractivity contribution in [2.45, 2.75) is 12.3 Å². The van der Waals surface area contributed by atoms with E-state index in [-0.39, 0.29) is 23.3 Å². The first-order valence-corrected chi connectivity index (χ1v) is 7.57. The number of carboxylic acids is 1. The van der Waals surface area contributed by atoms with Crippen molar-refractivity contribution in [3.8, 4) is 5.75 Å². The molecule has 6 heteroatoms. The fourth-order valence-electron chi connectivity index (χ4n) is 2.71. The maximum Gasteiger partial charge on any atom is 0.343 e. The summed E-state index contributed by atoms with van der Waals surface area (Å²) >= 11 is 5.86. The number of aromatic hydroxyl groups is 1. The van der Waals surface area contributed by atoms with Crippen molar-refractivity contribution in [2.24, 2.45) is 0 Å². The van der Waals surface area contributed by atoms with Crippen molar-refractivity contribution in [1.82, 2.24) is 0 Å². The van der Waals surface area contributed by atoms with E-state index >= 15 is 0 Å². The second-order valence-corrected chi connectivity index (χ2v) is 5.79. The van der Waals surface area contributed by atoms with Crippen LogP contribution in [0.5, 0.6) is 5.75 Å². The second kappa shape index (κ2) is 6.37. The lowest BCUT2D eigenvalue weighted by Crippen LogP contribution is -2.17. The highest BCUT2D eigenvalue weighted by molar-refractivity contribution is 6.30. The molecule has 0 radical (unpaired) electrons. The molecule has 0 aliphatic rings. The number of carboxylic acid groups (broad SMARTS) is 1. The number of hydrogen-bond acceptors (Lipinski definition) is 4.